The molecule has 4 rings (SSSR count). The summed E-state index contributed by atoms with van der Waals surface area (Å²) in [6.07, 6.45) is 6.21. The topological polar surface area (TPSA) is 66.8 Å². The van der Waals surface area contributed by atoms with Gasteiger partial charge < -0.3 is 4.90 Å². The second kappa shape index (κ2) is 8.17. The van der Waals surface area contributed by atoms with Crippen molar-refractivity contribution in [1.82, 2.24) is 0 Å². The monoisotopic (exact) mass is 460 g/mol. The Bertz CT molecular complexity index is 914. The highest BCUT2D eigenvalue weighted by Gasteiger charge is 2.49. The van der Waals surface area contributed by atoms with Gasteiger partial charge in [-0.25, -0.2) is 8.42 Å². The summed E-state index contributed by atoms with van der Waals surface area (Å²) in [6.45, 7) is 0. The summed E-state index contributed by atoms with van der Waals surface area (Å²) in [5, 5.41) is 1.34. The Morgan fingerprint density at radius 1 is 1.21 bits per heavy atom. The number of benzene rings is 1. The number of hydrogen-bond donors (Lipinski definition) is 0. The summed E-state index contributed by atoms with van der Waals surface area (Å²) >= 11 is 13.9. The van der Waals surface area contributed by atoms with E-state index in [2.05, 4.69) is 4.99 Å². The van der Waals surface area contributed by atoms with E-state index in [4.69, 9.17) is 23.2 Å². The number of carbonyl (C=O) groups is 1. The van der Waals surface area contributed by atoms with Gasteiger partial charge in [0.1, 0.15) is 0 Å². The molecule has 0 bridgehead atoms. The lowest BCUT2D eigenvalue weighted by Crippen LogP contribution is -2.38. The van der Waals surface area contributed by atoms with E-state index in [1.807, 2.05) is 4.90 Å². The normalized spacial score (nSPS) is 28.2. The molecule has 1 aliphatic carbocycles. The Hall–Kier alpha value is -0.760. The molecule has 0 aromatic heterocycles. The van der Waals surface area contributed by atoms with Gasteiger partial charge in [-0.15, -0.1) is 0 Å². The number of fused-ring (bicyclic) bond motifs is 1. The van der Waals surface area contributed by atoms with Crippen molar-refractivity contribution in [2.45, 2.75) is 49.8 Å². The Balaban J connectivity index is 1.60. The summed E-state index contributed by atoms with van der Waals surface area (Å²) in [5.41, 5.74) is 0.605. The Morgan fingerprint density at radius 2 is 1.96 bits per heavy atom. The van der Waals surface area contributed by atoms with Crippen molar-refractivity contribution in [3.63, 3.8) is 0 Å². The zero-order valence-corrected chi connectivity index (χ0v) is 18.5. The zero-order chi connectivity index (χ0) is 19.9. The lowest BCUT2D eigenvalue weighted by molar-refractivity contribution is -0.118. The number of thioether (sulfide) groups is 1. The predicted molar refractivity (Wildman–Crippen MR) is 116 cm³/mol. The maximum atomic E-state index is 12.5. The van der Waals surface area contributed by atoms with Crippen LogP contribution in [0.5, 0.6) is 0 Å². The molecule has 2 heterocycles. The van der Waals surface area contributed by atoms with E-state index in [0.29, 0.717) is 33.2 Å². The maximum absolute atomic E-state index is 12.5. The van der Waals surface area contributed by atoms with Crippen molar-refractivity contribution in [2.75, 3.05) is 16.4 Å². The van der Waals surface area contributed by atoms with Crippen LogP contribution in [0.2, 0.25) is 10.0 Å². The second-order valence-corrected chi connectivity index (χ2v) is 11.9. The first kappa shape index (κ1) is 20.5. The number of carbonyl (C=O) groups excluding carboxylic acids is 1. The summed E-state index contributed by atoms with van der Waals surface area (Å²) in [7, 11) is -3.12. The number of hydrogen-bond acceptors (Lipinski definition) is 4. The SMILES string of the molecule is O=C(CCC1CCCC1)N=C1S[C@@H]2CS(=O)(=O)C[C@H]2N1c1cc(Cl)ccc1Cl. The molecule has 0 spiro atoms. The van der Waals surface area contributed by atoms with Crippen molar-refractivity contribution in [3.8, 4) is 0 Å². The molecule has 2 atom stereocenters. The third-order valence-corrected chi connectivity index (χ3v) is 9.46. The highest BCUT2D eigenvalue weighted by molar-refractivity contribution is 8.16. The van der Waals surface area contributed by atoms with E-state index in [9.17, 15) is 13.2 Å². The minimum atomic E-state index is -3.12. The van der Waals surface area contributed by atoms with Crippen LogP contribution in [0.3, 0.4) is 0 Å². The summed E-state index contributed by atoms with van der Waals surface area (Å²) in [4.78, 5) is 18.7. The van der Waals surface area contributed by atoms with Crippen LogP contribution in [0.4, 0.5) is 5.69 Å². The average molecular weight is 461 g/mol. The fourth-order valence-corrected chi connectivity index (χ4v) is 8.60. The lowest BCUT2D eigenvalue weighted by Gasteiger charge is -2.25. The van der Waals surface area contributed by atoms with Gasteiger partial charge in [0.25, 0.3) is 0 Å². The molecule has 3 fully saturated rings. The molecule has 1 aromatic carbocycles. The molecule has 1 amide bonds. The van der Waals surface area contributed by atoms with Gasteiger partial charge in [0.05, 0.1) is 28.3 Å². The number of amides is 1. The van der Waals surface area contributed by atoms with Crippen LogP contribution >= 0.6 is 35.0 Å². The van der Waals surface area contributed by atoms with Crippen molar-refractivity contribution in [3.05, 3.63) is 28.2 Å². The minimum Gasteiger partial charge on any atom is -0.314 e. The van der Waals surface area contributed by atoms with E-state index in [1.54, 1.807) is 18.2 Å². The minimum absolute atomic E-state index is 0.0305. The largest absolute Gasteiger partial charge is 0.314 e. The first-order valence-electron chi connectivity index (χ1n) is 9.55. The molecule has 3 aliphatic rings. The van der Waals surface area contributed by atoms with Crippen LogP contribution in [-0.4, -0.2) is 42.3 Å². The third-order valence-electron chi connectivity index (χ3n) is 5.70. The summed E-state index contributed by atoms with van der Waals surface area (Å²) < 4.78 is 24.3. The lowest BCUT2D eigenvalue weighted by atomic mass is 10.0. The number of anilines is 1. The number of halogens is 2. The van der Waals surface area contributed by atoms with Crippen molar-refractivity contribution in [1.29, 1.82) is 0 Å². The second-order valence-electron chi connectivity index (χ2n) is 7.74. The number of amidine groups is 1. The van der Waals surface area contributed by atoms with E-state index in [0.717, 1.165) is 6.42 Å². The van der Waals surface area contributed by atoms with E-state index >= 15 is 0 Å². The predicted octanol–water partition coefficient (Wildman–Crippen LogP) is 4.57. The molecular formula is C19H22Cl2N2O3S2. The molecular weight excluding hydrogens is 439 g/mol. The van der Waals surface area contributed by atoms with Gasteiger partial charge in [-0.05, 0) is 30.5 Å². The number of rotatable bonds is 4. The van der Waals surface area contributed by atoms with Crippen LogP contribution in [0.15, 0.2) is 23.2 Å². The van der Waals surface area contributed by atoms with Gasteiger partial charge in [-0.3, -0.25) is 4.79 Å². The average Bonchev–Trinajstić information content (AvgIpc) is 3.30. The molecule has 0 N–H and O–H groups in total. The Morgan fingerprint density at radius 3 is 2.71 bits per heavy atom. The molecule has 2 saturated heterocycles. The Labute approximate surface area is 179 Å². The van der Waals surface area contributed by atoms with E-state index in [-0.39, 0.29) is 28.7 Å². The van der Waals surface area contributed by atoms with Crippen molar-refractivity contribution < 1.29 is 13.2 Å². The number of sulfone groups is 1. The van der Waals surface area contributed by atoms with E-state index in [1.165, 1.54) is 37.4 Å². The quantitative estimate of drug-likeness (QED) is 0.658. The van der Waals surface area contributed by atoms with Gasteiger partial charge in [0, 0.05) is 16.7 Å². The molecule has 152 valence electrons. The fraction of sp³-hybridized carbons (Fsp3) is 0.579. The molecule has 9 heteroatoms. The van der Waals surface area contributed by atoms with Gasteiger partial charge in [0.2, 0.25) is 5.91 Å². The molecule has 1 saturated carbocycles. The first-order chi connectivity index (χ1) is 13.3. The third kappa shape index (κ3) is 4.37. The molecule has 28 heavy (non-hydrogen) atoms. The standard InChI is InChI=1S/C19H22Cl2N2O3S2/c20-13-6-7-14(21)15(9-13)23-16-10-28(25,26)11-17(16)27-19(23)22-18(24)8-5-12-3-1-2-4-12/h6-7,9,12,16-17H,1-5,8,10-11H2/t16-,17-/m1/s1. The van der Waals surface area contributed by atoms with Crippen LogP contribution in [-0.2, 0) is 14.6 Å². The van der Waals surface area contributed by atoms with E-state index < -0.39 is 9.84 Å². The highest BCUT2D eigenvalue weighted by Crippen LogP contribution is 2.43. The number of aliphatic imine (C=N–C) groups is 1. The first-order valence-corrected chi connectivity index (χ1v) is 13.0. The van der Waals surface area contributed by atoms with Crippen LogP contribution < -0.4 is 4.90 Å². The molecule has 0 unspecified atom stereocenters. The molecule has 0 radical (unpaired) electrons. The van der Waals surface area contributed by atoms with Crippen LogP contribution in [0.1, 0.15) is 38.5 Å². The van der Waals surface area contributed by atoms with Crippen LogP contribution in [0, 0.1) is 5.92 Å². The van der Waals surface area contributed by atoms with Crippen molar-refractivity contribution >= 4 is 61.6 Å². The van der Waals surface area contributed by atoms with Gasteiger partial charge in [0.15, 0.2) is 15.0 Å². The molecule has 2 aliphatic heterocycles. The highest BCUT2D eigenvalue weighted by atomic mass is 35.5. The Kier molecular flexibility index (Phi) is 5.98. The number of nitrogens with zero attached hydrogens (tertiary/aromatic N) is 2. The molecule has 5 nitrogen and oxygen atoms in total. The van der Waals surface area contributed by atoms with Gasteiger partial charge >= 0.3 is 0 Å². The molecule has 1 aromatic rings. The van der Waals surface area contributed by atoms with Gasteiger partial charge in [-0.1, -0.05) is 60.6 Å². The zero-order valence-electron chi connectivity index (χ0n) is 15.3. The summed E-state index contributed by atoms with van der Waals surface area (Å²) in [6, 6.07) is 4.78. The van der Waals surface area contributed by atoms with Crippen LogP contribution in [0.25, 0.3) is 0 Å². The van der Waals surface area contributed by atoms with Gasteiger partial charge in [-0.2, -0.15) is 4.99 Å². The maximum Gasteiger partial charge on any atom is 0.248 e. The van der Waals surface area contributed by atoms with Crippen molar-refractivity contribution in [2.24, 2.45) is 10.9 Å². The summed E-state index contributed by atoms with van der Waals surface area (Å²) in [5.74, 6) is 0.596. The smallest absolute Gasteiger partial charge is 0.248 e. The fourth-order valence-electron chi connectivity index (χ4n) is 4.31.